The van der Waals surface area contributed by atoms with Crippen LogP contribution in [0.15, 0.2) is 34.6 Å². The van der Waals surface area contributed by atoms with Gasteiger partial charge in [-0.3, -0.25) is 4.99 Å². The smallest absolute Gasteiger partial charge is 0.356 e. The van der Waals surface area contributed by atoms with Crippen molar-refractivity contribution in [1.29, 1.82) is 0 Å². The Hall–Kier alpha value is -1.36. The molecule has 9 heteroatoms. The van der Waals surface area contributed by atoms with Crippen LogP contribution < -0.4 is 10.6 Å². The zero-order chi connectivity index (χ0) is 17.9. The number of alkyl halides is 3. The van der Waals surface area contributed by atoms with Gasteiger partial charge in [0, 0.05) is 37.9 Å². The van der Waals surface area contributed by atoms with E-state index >= 15 is 0 Å². The number of fused-ring (bicyclic) bond motifs is 1. The molecular weight excluding hydrogens is 476 g/mol. The topological polar surface area (TPSA) is 49.3 Å². The standard InChI is InChI=1S/C17H19F3N4S.HI/c1-21-16(23-9-12-8-11-4-2-3-5-13(11)12)22-7-6-15-24-14(10-25-15)17(18,19)20;/h2-5,10,12H,6-9H2,1H3,(H2,21,22,23);1H. The number of thiazole rings is 1. The Labute approximate surface area is 171 Å². The van der Waals surface area contributed by atoms with E-state index < -0.39 is 11.9 Å². The molecule has 2 aromatic rings. The van der Waals surface area contributed by atoms with E-state index in [2.05, 4.69) is 32.7 Å². The van der Waals surface area contributed by atoms with E-state index in [1.54, 1.807) is 7.05 Å². The summed E-state index contributed by atoms with van der Waals surface area (Å²) in [6.45, 7) is 1.26. The van der Waals surface area contributed by atoms with Gasteiger partial charge in [0.2, 0.25) is 0 Å². The molecule has 4 nitrogen and oxygen atoms in total. The van der Waals surface area contributed by atoms with Crippen molar-refractivity contribution in [2.75, 3.05) is 20.1 Å². The van der Waals surface area contributed by atoms with Crippen molar-refractivity contribution >= 4 is 41.3 Å². The van der Waals surface area contributed by atoms with Gasteiger partial charge in [0.25, 0.3) is 0 Å². The van der Waals surface area contributed by atoms with Gasteiger partial charge in [-0.2, -0.15) is 13.2 Å². The van der Waals surface area contributed by atoms with E-state index in [1.807, 2.05) is 12.1 Å². The number of aliphatic imine (C=N–C) groups is 1. The lowest BCUT2D eigenvalue weighted by atomic mass is 9.78. The molecule has 0 spiro atoms. The number of nitrogens with zero attached hydrogens (tertiary/aromatic N) is 2. The molecule has 0 saturated carbocycles. The number of hydrogen-bond donors (Lipinski definition) is 2. The first-order valence-corrected chi connectivity index (χ1v) is 8.89. The second-order valence-electron chi connectivity index (χ2n) is 5.85. The number of aromatic nitrogens is 1. The summed E-state index contributed by atoms with van der Waals surface area (Å²) in [6.07, 6.45) is -2.90. The molecule has 0 aliphatic heterocycles. The van der Waals surface area contributed by atoms with Crippen molar-refractivity contribution < 1.29 is 13.2 Å². The monoisotopic (exact) mass is 496 g/mol. The van der Waals surface area contributed by atoms with Gasteiger partial charge in [0.05, 0.1) is 5.01 Å². The minimum Gasteiger partial charge on any atom is -0.356 e. The molecular formula is C17H20F3IN4S. The zero-order valence-corrected chi connectivity index (χ0v) is 17.3. The van der Waals surface area contributed by atoms with Gasteiger partial charge in [-0.05, 0) is 17.5 Å². The molecule has 2 N–H and O–H groups in total. The maximum Gasteiger partial charge on any atom is 0.434 e. The van der Waals surface area contributed by atoms with E-state index in [1.165, 1.54) is 11.1 Å². The van der Waals surface area contributed by atoms with E-state index in [-0.39, 0.29) is 24.0 Å². The predicted molar refractivity (Wildman–Crippen MR) is 108 cm³/mol. The highest BCUT2D eigenvalue weighted by Crippen LogP contribution is 2.34. The summed E-state index contributed by atoms with van der Waals surface area (Å²) in [5.74, 6) is 1.13. The van der Waals surface area contributed by atoms with Crippen molar-refractivity contribution in [1.82, 2.24) is 15.6 Å². The first-order chi connectivity index (χ1) is 12.0. The van der Waals surface area contributed by atoms with Gasteiger partial charge < -0.3 is 10.6 Å². The summed E-state index contributed by atoms with van der Waals surface area (Å²) >= 11 is 1.03. The zero-order valence-electron chi connectivity index (χ0n) is 14.1. The van der Waals surface area contributed by atoms with E-state index in [0.29, 0.717) is 29.9 Å². The Kier molecular flexibility index (Phi) is 7.27. The first kappa shape index (κ1) is 20.9. The normalized spacial score (nSPS) is 16.3. The number of halogens is 4. The molecule has 1 aromatic carbocycles. The molecule has 0 bridgehead atoms. The quantitative estimate of drug-likeness (QED) is 0.376. The fourth-order valence-electron chi connectivity index (χ4n) is 2.83. The lowest BCUT2D eigenvalue weighted by molar-refractivity contribution is -0.140. The van der Waals surface area contributed by atoms with Crippen LogP contribution in [-0.4, -0.2) is 31.1 Å². The third kappa shape index (κ3) is 5.09. The van der Waals surface area contributed by atoms with Crippen LogP contribution in [0.25, 0.3) is 0 Å². The number of guanidine groups is 1. The Morgan fingerprint density at radius 3 is 2.73 bits per heavy atom. The predicted octanol–water partition coefficient (Wildman–Crippen LogP) is 3.83. The van der Waals surface area contributed by atoms with E-state index in [0.717, 1.165) is 29.7 Å². The van der Waals surface area contributed by atoms with Crippen molar-refractivity contribution in [3.05, 3.63) is 51.5 Å². The van der Waals surface area contributed by atoms with Gasteiger partial charge in [0.15, 0.2) is 11.7 Å². The summed E-state index contributed by atoms with van der Waals surface area (Å²) in [7, 11) is 1.68. The van der Waals surface area contributed by atoms with Crippen molar-refractivity contribution in [3.63, 3.8) is 0 Å². The fraction of sp³-hybridized carbons (Fsp3) is 0.412. The third-order valence-corrected chi connectivity index (χ3v) is 5.08. The van der Waals surface area contributed by atoms with Crippen molar-refractivity contribution in [3.8, 4) is 0 Å². The third-order valence-electron chi connectivity index (χ3n) is 4.17. The lowest BCUT2D eigenvalue weighted by Gasteiger charge is -2.30. The number of hydrogen-bond acceptors (Lipinski definition) is 3. The van der Waals surface area contributed by atoms with E-state index in [9.17, 15) is 13.2 Å². The van der Waals surface area contributed by atoms with Gasteiger partial charge >= 0.3 is 6.18 Å². The largest absolute Gasteiger partial charge is 0.434 e. The average Bonchev–Trinajstić information content (AvgIpc) is 3.03. The van der Waals surface area contributed by atoms with Crippen LogP contribution in [0.3, 0.4) is 0 Å². The number of benzene rings is 1. The highest BCUT2D eigenvalue weighted by Gasteiger charge is 2.33. The lowest BCUT2D eigenvalue weighted by Crippen LogP contribution is -2.41. The van der Waals surface area contributed by atoms with Crippen LogP contribution in [0, 0.1) is 0 Å². The molecule has 0 amide bonds. The Morgan fingerprint density at radius 2 is 2.08 bits per heavy atom. The molecule has 1 aliphatic rings. The highest BCUT2D eigenvalue weighted by molar-refractivity contribution is 14.0. The Morgan fingerprint density at radius 1 is 1.31 bits per heavy atom. The van der Waals surface area contributed by atoms with Gasteiger partial charge in [0.1, 0.15) is 0 Å². The molecule has 1 atom stereocenters. The molecule has 0 radical (unpaired) electrons. The molecule has 1 unspecified atom stereocenters. The summed E-state index contributed by atoms with van der Waals surface area (Å²) in [5.41, 5.74) is 1.94. The molecule has 1 heterocycles. The molecule has 1 aromatic heterocycles. The van der Waals surface area contributed by atoms with Crippen LogP contribution >= 0.6 is 35.3 Å². The fourth-order valence-corrected chi connectivity index (χ4v) is 3.63. The van der Waals surface area contributed by atoms with Crippen LogP contribution in [0.2, 0.25) is 0 Å². The van der Waals surface area contributed by atoms with Crippen LogP contribution in [-0.2, 0) is 19.0 Å². The highest BCUT2D eigenvalue weighted by atomic mass is 127. The summed E-state index contributed by atoms with van der Waals surface area (Å²) < 4.78 is 37.6. The minimum atomic E-state index is -4.38. The molecule has 1 aliphatic carbocycles. The minimum absolute atomic E-state index is 0. The van der Waals surface area contributed by atoms with Crippen LogP contribution in [0.5, 0.6) is 0 Å². The van der Waals surface area contributed by atoms with Crippen molar-refractivity contribution in [2.45, 2.75) is 24.9 Å². The van der Waals surface area contributed by atoms with Crippen molar-refractivity contribution in [2.24, 2.45) is 4.99 Å². The SMILES string of the molecule is CN=C(NCCc1nc(C(F)(F)F)cs1)NCC1Cc2ccccc21.I. The maximum atomic E-state index is 12.5. The number of rotatable bonds is 5. The average molecular weight is 496 g/mol. The Bertz CT molecular complexity index is 760. The summed E-state index contributed by atoms with van der Waals surface area (Å²) in [4.78, 5) is 7.77. The maximum absolute atomic E-state index is 12.5. The summed E-state index contributed by atoms with van der Waals surface area (Å²) in [5, 5.41) is 7.90. The van der Waals surface area contributed by atoms with Crippen LogP contribution in [0.1, 0.15) is 27.7 Å². The Balaban J connectivity index is 0.00000243. The second kappa shape index (κ2) is 9.03. The van der Waals surface area contributed by atoms with E-state index in [4.69, 9.17) is 0 Å². The molecule has 0 fully saturated rings. The molecule has 0 saturated heterocycles. The number of nitrogens with one attached hydrogen (secondary N) is 2. The molecule has 142 valence electrons. The van der Waals surface area contributed by atoms with Gasteiger partial charge in [-0.1, -0.05) is 24.3 Å². The second-order valence-corrected chi connectivity index (χ2v) is 6.80. The molecule has 3 rings (SSSR count). The van der Waals surface area contributed by atoms with Gasteiger partial charge in [-0.15, -0.1) is 35.3 Å². The van der Waals surface area contributed by atoms with Crippen LogP contribution in [0.4, 0.5) is 13.2 Å². The summed E-state index contributed by atoms with van der Waals surface area (Å²) in [6, 6.07) is 8.37. The van der Waals surface area contributed by atoms with Gasteiger partial charge in [-0.25, -0.2) is 4.98 Å². The first-order valence-electron chi connectivity index (χ1n) is 8.01. The molecule has 26 heavy (non-hydrogen) atoms.